The van der Waals surface area contributed by atoms with Gasteiger partial charge in [-0.2, -0.15) is 0 Å². The molecule has 5 nitrogen and oxygen atoms in total. The van der Waals surface area contributed by atoms with Crippen LogP contribution in [0.1, 0.15) is 18.4 Å². The van der Waals surface area contributed by atoms with Crippen LogP contribution in [0.5, 0.6) is 5.88 Å². The van der Waals surface area contributed by atoms with E-state index in [0.29, 0.717) is 12.4 Å². The highest BCUT2D eigenvalue weighted by atomic mass is 16.5. The zero-order chi connectivity index (χ0) is 12.8. The second-order valence-corrected chi connectivity index (χ2v) is 4.40. The summed E-state index contributed by atoms with van der Waals surface area (Å²) in [6.07, 6.45) is 3.95. The van der Waals surface area contributed by atoms with Gasteiger partial charge in [-0.25, -0.2) is 4.98 Å². The molecule has 1 saturated heterocycles. The summed E-state index contributed by atoms with van der Waals surface area (Å²) in [5.74, 6) is 0.320. The van der Waals surface area contributed by atoms with Crippen molar-refractivity contribution in [1.82, 2.24) is 10.3 Å². The van der Waals surface area contributed by atoms with E-state index < -0.39 is 0 Å². The number of rotatable bonds is 5. The number of carbonyl (C=O) groups is 1. The Balaban J connectivity index is 1.66. The molecule has 1 aromatic heterocycles. The first kappa shape index (κ1) is 12.8. The van der Waals surface area contributed by atoms with Crippen LogP contribution in [-0.4, -0.2) is 36.8 Å². The van der Waals surface area contributed by atoms with Crippen molar-refractivity contribution in [3.05, 3.63) is 23.9 Å². The van der Waals surface area contributed by atoms with Crippen LogP contribution in [-0.2, 0) is 9.53 Å². The van der Waals surface area contributed by atoms with Crippen molar-refractivity contribution >= 4 is 5.91 Å². The second kappa shape index (κ2) is 6.35. The van der Waals surface area contributed by atoms with E-state index >= 15 is 0 Å². The third kappa shape index (κ3) is 4.00. The molecular formula is C13H18N2O3. The standard InChI is InChI=1S/C13H18N2O3/c1-10-4-5-13(15-7-10)18-9-12(16)14-8-11-3-2-6-17-11/h4-5,7,11H,2-3,6,8-9H2,1H3,(H,14,16)/t11-/m1/s1. The van der Waals surface area contributed by atoms with Gasteiger partial charge in [0.25, 0.3) is 5.91 Å². The summed E-state index contributed by atoms with van der Waals surface area (Å²) in [6, 6.07) is 3.65. The summed E-state index contributed by atoms with van der Waals surface area (Å²) in [5.41, 5.74) is 1.06. The van der Waals surface area contributed by atoms with Crippen LogP contribution in [0.2, 0.25) is 0 Å². The van der Waals surface area contributed by atoms with Crippen molar-refractivity contribution in [3.8, 4) is 5.88 Å². The number of nitrogens with one attached hydrogen (secondary N) is 1. The summed E-state index contributed by atoms with van der Waals surface area (Å²) in [5, 5.41) is 2.79. The van der Waals surface area contributed by atoms with Crippen molar-refractivity contribution in [2.45, 2.75) is 25.9 Å². The average molecular weight is 250 g/mol. The van der Waals surface area contributed by atoms with Gasteiger partial charge in [0.2, 0.25) is 5.88 Å². The lowest BCUT2D eigenvalue weighted by Crippen LogP contribution is -2.35. The minimum Gasteiger partial charge on any atom is -0.468 e. The zero-order valence-corrected chi connectivity index (χ0v) is 10.5. The molecule has 98 valence electrons. The van der Waals surface area contributed by atoms with Gasteiger partial charge in [0, 0.05) is 25.4 Å². The van der Waals surface area contributed by atoms with Gasteiger partial charge in [-0.15, -0.1) is 0 Å². The van der Waals surface area contributed by atoms with Crippen LogP contribution in [0.15, 0.2) is 18.3 Å². The molecule has 2 rings (SSSR count). The van der Waals surface area contributed by atoms with E-state index in [0.717, 1.165) is 25.0 Å². The van der Waals surface area contributed by atoms with Crippen molar-refractivity contribution in [3.63, 3.8) is 0 Å². The van der Waals surface area contributed by atoms with Crippen LogP contribution < -0.4 is 10.1 Å². The van der Waals surface area contributed by atoms with E-state index in [1.54, 1.807) is 12.3 Å². The molecule has 1 aliphatic heterocycles. The lowest BCUT2D eigenvalue weighted by atomic mass is 10.2. The summed E-state index contributed by atoms with van der Waals surface area (Å²) >= 11 is 0. The summed E-state index contributed by atoms with van der Waals surface area (Å²) in [4.78, 5) is 15.6. The predicted molar refractivity (Wildman–Crippen MR) is 66.5 cm³/mol. The Morgan fingerprint density at radius 1 is 1.61 bits per heavy atom. The minimum atomic E-state index is -0.145. The fourth-order valence-corrected chi connectivity index (χ4v) is 1.76. The molecular weight excluding hydrogens is 232 g/mol. The molecule has 1 fully saturated rings. The fraction of sp³-hybridized carbons (Fsp3) is 0.538. The molecule has 0 radical (unpaired) electrons. The number of nitrogens with zero attached hydrogens (tertiary/aromatic N) is 1. The van der Waals surface area contributed by atoms with E-state index in [4.69, 9.17) is 9.47 Å². The van der Waals surface area contributed by atoms with Crippen molar-refractivity contribution < 1.29 is 14.3 Å². The number of hydrogen-bond donors (Lipinski definition) is 1. The molecule has 0 unspecified atom stereocenters. The smallest absolute Gasteiger partial charge is 0.258 e. The number of aromatic nitrogens is 1. The Morgan fingerprint density at radius 2 is 2.50 bits per heavy atom. The number of pyridine rings is 1. The SMILES string of the molecule is Cc1ccc(OCC(=O)NC[C@H]2CCCO2)nc1. The average Bonchev–Trinajstić information content (AvgIpc) is 2.89. The molecule has 18 heavy (non-hydrogen) atoms. The normalized spacial score (nSPS) is 18.6. The topological polar surface area (TPSA) is 60.5 Å². The molecule has 1 aromatic rings. The van der Waals surface area contributed by atoms with E-state index in [1.165, 1.54) is 0 Å². The predicted octanol–water partition coefficient (Wildman–Crippen LogP) is 1.06. The van der Waals surface area contributed by atoms with E-state index in [1.807, 2.05) is 13.0 Å². The van der Waals surface area contributed by atoms with Gasteiger partial charge in [0.15, 0.2) is 6.61 Å². The van der Waals surface area contributed by atoms with Crippen molar-refractivity contribution in [2.24, 2.45) is 0 Å². The molecule has 5 heteroatoms. The maximum absolute atomic E-state index is 11.5. The van der Waals surface area contributed by atoms with Gasteiger partial charge in [0.05, 0.1) is 6.10 Å². The quantitative estimate of drug-likeness (QED) is 0.849. The van der Waals surface area contributed by atoms with Crippen molar-refractivity contribution in [2.75, 3.05) is 19.8 Å². The maximum atomic E-state index is 11.5. The summed E-state index contributed by atoms with van der Waals surface area (Å²) in [6.45, 7) is 3.29. The molecule has 0 bridgehead atoms. The highest BCUT2D eigenvalue weighted by molar-refractivity contribution is 5.77. The third-order valence-electron chi connectivity index (χ3n) is 2.79. The van der Waals surface area contributed by atoms with Gasteiger partial charge in [-0.3, -0.25) is 4.79 Å². The molecule has 0 aliphatic carbocycles. The molecule has 0 spiro atoms. The largest absolute Gasteiger partial charge is 0.468 e. The minimum absolute atomic E-state index is 0.0111. The Hall–Kier alpha value is -1.62. The number of carbonyl (C=O) groups excluding carboxylic acids is 1. The van der Waals surface area contributed by atoms with Gasteiger partial charge >= 0.3 is 0 Å². The zero-order valence-electron chi connectivity index (χ0n) is 10.5. The van der Waals surface area contributed by atoms with Gasteiger partial charge in [-0.1, -0.05) is 6.07 Å². The Labute approximate surface area is 107 Å². The van der Waals surface area contributed by atoms with Crippen LogP contribution >= 0.6 is 0 Å². The summed E-state index contributed by atoms with van der Waals surface area (Å²) < 4.78 is 10.7. The fourth-order valence-electron chi connectivity index (χ4n) is 1.76. The van der Waals surface area contributed by atoms with Crippen LogP contribution in [0.3, 0.4) is 0 Å². The first-order valence-electron chi connectivity index (χ1n) is 6.18. The second-order valence-electron chi connectivity index (χ2n) is 4.40. The molecule has 1 N–H and O–H groups in total. The number of amides is 1. The molecule has 0 saturated carbocycles. The van der Waals surface area contributed by atoms with E-state index in [9.17, 15) is 4.79 Å². The van der Waals surface area contributed by atoms with E-state index in [-0.39, 0.29) is 18.6 Å². The molecule has 0 aromatic carbocycles. The highest BCUT2D eigenvalue weighted by Crippen LogP contribution is 2.10. The Kier molecular flexibility index (Phi) is 4.52. The number of ether oxygens (including phenoxy) is 2. The Bertz CT molecular complexity index is 386. The van der Waals surface area contributed by atoms with Gasteiger partial charge in [-0.05, 0) is 25.3 Å². The molecule has 1 aliphatic rings. The lowest BCUT2D eigenvalue weighted by molar-refractivity contribution is -0.123. The van der Waals surface area contributed by atoms with Crippen LogP contribution in [0.4, 0.5) is 0 Å². The van der Waals surface area contributed by atoms with E-state index in [2.05, 4.69) is 10.3 Å². The molecule has 1 atom stereocenters. The molecule has 2 heterocycles. The van der Waals surface area contributed by atoms with Crippen LogP contribution in [0, 0.1) is 6.92 Å². The number of aryl methyl sites for hydroxylation is 1. The molecule has 1 amide bonds. The van der Waals surface area contributed by atoms with Crippen LogP contribution in [0.25, 0.3) is 0 Å². The maximum Gasteiger partial charge on any atom is 0.258 e. The first-order chi connectivity index (χ1) is 8.74. The summed E-state index contributed by atoms with van der Waals surface area (Å²) in [7, 11) is 0. The highest BCUT2D eigenvalue weighted by Gasteiger charge is 2.16. The van der Waals surface area contributed by atoms with Crippen molar-refractivity contribution in [1.29, 1.82) is 0 Å². The van der Waals surface area contributed by atoms with Gasteiger partial charge in [0.1, 0.15) is 0 Å². The van der Waals surface area contributed by atoms with Gasteiger partial charge < -0.3 is 14.8 Å². The number of hydrogen-bond acceptors (Lipinski definition) is 4. The monoisotopic (exact) mass is 250 g/mol. The first-order valence-corrected chi connectivity index (χ1v) is 6.18. The Morgan fingerprint density at radius 3 is 3.17 bits per heavy atom. The lowest BCUT2D eigenvalue weighted by Gasteiger charge is -2.11. The third-order valence-corrected chi connectivity index (χ3v) is 2.79.